The van der Waals surface area contributed by atoms with Crippen LogP contribution in [0.15, 0.2) is 85.0 Å². The van der Waals surface area contributed by atoms with Gasteiger partial charge in [-0.15, -0.1) is 0 Å². The van der Waals surface area contributed by atoms with Crippen LogP contribution >= 0.6 is 0 Å². The van der Waals surface area contributed by atoms with Crippen LogP contribution in [0, 0.1) is 0 Å². The molecule has 0 bridgehead atoms. The van der Waals surface area contributed by atoms with Gasteiger partial charge in [0.2, 0.25) is 0 Å². The van der Waals surface area contributed by atoms with Crippen molar-refractivity contribution in [2.24, 2.45) is 0 Å². The van der Waals surface area contributed by atoms with E-state index in [4.69, 9.17) is 14.2 Å². The summed E-state index contributed by atoms with van der Waals surface area (Å²) in [5.74, 6) is -3.27. The van der Waals surface area contributed by atoms with E-state index in [0.29, 0.717) is 11.1 Å². The van der Waals surface area contributed by atoms with Crippen LogP contribution in [0.3, 0.4) is 0 Å². The van der Waals surface area contributed by atoms with E-state index in [1.54, 1.807) is 0 Å². The Morgan fingerprint density at radius 2 is 1.17 bits per heavy atom. The molecule has 0 atom stereocenters. The molecule has 0 saturated heterocycles. The lowest BCUT2D eigenvalue weighted by Crippen LogP contribution is -2.57. The normalized spacial score (nSPS) is 11.5. The van der Waals surface area contributed by atoms with Gasteiger partial charge in [0.15, 0.2) is 5.60 Å². The Balaban J connectivity index is 2.86. The van der Waals surface area contributed by atoms with E-state index in [-0.39, 0.29) is 17.8 Å². The molecule has 5 nitrogen and oxygen atoms in total. The van der Waals surface area contributed by atoms with Gasteiger partial charge in [-0.1, -0.05) is 73.8 Å². The summed E-state index contributed by atoms with van der Waals surface area (Å²) in [5.41, 5.74) is 0.202. The van der Waals surface area contributed by atoms with E-state index < -0.39 is 23.3 Å². The second kappa shape index (κ2) is 9.55. The molecule has 0 N–H and O–H groups in total. The first-order valence-corrected chi connectivity index (χ1v) is 9.70. The van der Waals surface area contributed by atoms with Crippen molar-refractivity contribution in [2.75, 3.05) is 6.61 Å². The number of hydrogen-bond acceptors (Lipinski definition) is 5. The fourth-order valence-electron chi connectivity index (χ4n) is 3.24. The monoisotopic (exact) mass is 408 g/mol. The highest BCUT2D eigenvalue weighted by Crippen LogP contribution is 2.46. The summed E-state index contributed by atoms with van der Waals surface area (Å²) < 4.78 is 17.9. The minimum atomic E-state index is -1.86. The van der Waals surface area contributed by atoms with Crippen LogP contribution < -0.4 is 0 Å². The average molecular weight is 408 g/mol. The smallest absolute Gasteiger partial charge is 0.336 e. The molecule has 0 aliphatic rings. The first kappa shape index (κ1) is 23.1. The molecule has 2 aromatic rings. The Morgan fingerprint density at radius 1 is 0.800 bits per heavy atom. The van der Waals surface area contributed by atoms with E-state index in [1.165, 1.54) is 20.8 Å². The molecule has 0 heterocycles. The van der Waals surface area contributed by atoms with Crippen molar-refractivity contribution < 1.29 is 23.8 Å². The topological polar surface area (TPSA) is 61.8 Å². The zero-order valence-corrected chi connectivity index (χ0v) is 17.9. The van der Waals surface area contributed by atoms with Crippen molar-refractivity contribution in [2.45, 2.75) is 39.1 Å². The molecular formula is C25H28O5. The fraction of sp³-hybridized carbons (Fsp3) is 0.280. The van der Waals surface area contributed by atoms with Gasteiger partial charge >= 0.3 is 11.9 Å². The molecule has 0 radical (unpaired) electrons. The molecule has 0 aromatic heterocycles. The maximum Gasteiger partial charge on any atom is 0.336 e. The molecule has 0 aliphatic heterocycles. The third-order valence-electron chi connectivity index (χ3n) is 4.63. The van der Waals surface area contributed by atoms with Gasteiger partial charge in [-0.05, 0) is 31.9 Å². The lowest BCUT2D eigenvalue weighted by molar-refractivity contribution is -0.286. The number of ether oxygens (including phenoxy) is 3. The van der Waals surface area contributed by atoms with Gasteiger partial charge in [-0.3, -0.25) is 0 Å². The lowest BCUT2D eigenvalue weighted by atomic mass is 9.79. The number of esters is 2. The Morgan fingerprint density at radius 3 is 1.47 bits per heavy atom. The van der Waals surface area contributed by atoms with Crippen LogP contribution in [0.5, 0.6) is 0 Å². The van der Waals surface area contributed by atoms with Gasteiger partial charge in [0.1, 0.15) is 0 Å². The second-order valence-corrected chi connectivity index (χ2v) is 7.13. The SMILES string of the molecule is C=C(C)C(=O)OC(C)(OC(=O)C(=C)C)C(OCC)(c1ccccc1)c1ccccc1. The number of carbonyl (C=O) groups excluding carboxylic acids is 2. The maximum atomic E-state index is 12.6. The van der Waals surface area contributed by atoms with Crippen LogP contribution in [-0.2, 0) is 29.4 Å². The van der Waals surface area contributed by atoms with Gasteiger partial charge in [-0.25, -0.2) is 9.59 Å². The highest BCUT2D eigenvalue weighted by atomic mass is 16.8. The summed E-state index contributed by atoms with van der Waals surface area (Å²) in [6, 6.07) is 18.4. The maximum absolute atomic E-state index is 12.6. The van der Waals surface area contributed by atoms with E-state index >= 15 is 0 Å². The lowest BCUT2D eigenvalue weighted by Gasteiger charge is -2.46. The Labute approximate surface area is 178 Å². The number of hydrogen-bond donors (Lipinski definition) is 0. The van der Waals surface area contributed by atoms with Gasteiger partial charge in [0.25, 0.3) is 5.79 Å². The Kier molecular flexibility index (Phi) is 7.35. The summed E-state index contributed by atoms with van der Waals surface area (Å²) in [5, 5.41) is 0. The van der Waals surface area contributed by atoms with Crippen molar-refractivity contribution in [3.8, 4) is 0 Å². The van der Waals surface area contributed by atoms with Crippen molar-refractivity contribution in [3.63, 3.8) is 0 Å². The van der Waals surface area contributed by atoms with Gasteiger partial charge < -0.3 is 14.2 Å². The van der Waals surface area contributed by atoms with E-state index in [2.05, 4.69) is 13.2 Å². The van der Waals surface area contributed by atoms with Crippen molar-refractivity contribution >= 4 is 11.9 Å². The zero-order chi connectivity index (χ0) is 22.4. The van der Waals surface area contributed by atoms with Crippen LogP contribution in [0.4, 0.5) is 0 Å². The van der Waals surface area contributed by atoms with Crippen LogP contribution in [-0.4, -0.2) is 24.3 Å². The molecular weight excluding hydrogens is 380 g/mol. The molecule has 0 fully saturated rings. The average Bonchev–Trinajstić information content (AvgIpc) is 2.72. The van der Waals surface area contributed by atoms with Crippen LogP contribution in [0.25, 0.3) is 0 Å². The quantitative estimate of drug-likeness (QED) is 0.335. The summed E-state index contributed by atoms with van der Waals surface area (Å²) >= 11 is 0. The first-order valence-electron chi connectivity index (χ1n) is 9.70. The standard InChI is InChI=1S/C25H28O5/c1-7-28-25(20-14-10-8-11-15-20,21-16-12-9-13-17-21)24(6,29-22(26)18(2)3)30-23(27)19(4)5/h8-17H,2,4,7H2,1,3,5-6H3. The predicted molar refractivity (Wildman–Crippen MR) is 116 cm³/mol. The fourth-order valence-corrected chi connectivity index (χ4v) is 3.24. The third-order valence-corrected chi connectivity index (χ3v) is 4.63. The zero-order valence-electron chi connectivity index (χ0n) is 17.9. The van der Waals surface area contributed by atoms with Crippen molar-refractivity contribution in [1.29, 1.82) is 0 Å². The van der Waals surface area contributed by atoms with E-state index in [9.17, 15) is 9.59 Å². The first-order chi connectivity index (χ1) is 14.2. The molecule has 2 aromatic carbocycles. The Bertz CT molecular complexity index is 848. The molecule has 0 saturated carbocycles. The van der Waals surface area contributed by atoms with E-state index in [0.717, 1.165) is 0 Å². The molecule has 30 heavy (non-hydrogen) atoms. The number of benzene rings is 2. The highest BCUT2D eigenvalue weighted by molar-refractivity contribution is 5.89. The van der Waals surface area contributed by atoms with Crippen molar-refractivity contribution in [1.82, 2.24) is 0 Å². The highest BCUT2D eigenvalue weighted by Gasteiger charge is 2.58. The van der Waals surface area contributed by atoms with Crippen LogP contribution in [0.2, 0.25) is 0 Å². The molecule has 0 amide bonds. The molecule has 0 aliphatic carbocycles. The molecule has 5 heteroatoms. The molecule has 0 unspecified atom stereocenters. The number of rotatable bonds is 9. The Hall–Kier alpha value is -3.18. The molecule has 2 rings (SSSR count). The van der Waals surface area contributed by atoms with Gasteiger partial charge in [0.05, 0.1) is 0 Å². The largest absolute Gasteiger partial charge is 0.415 e. The van der Waals surface area contributed by atoms with Gasteiger partial charge in [-0.2, -0.15) is 0 Å². The number of carbonyl (C=O) groups is 2. The summed E-state index contributed by atoms with van der Waals surface area (Å²) in [4.78, 5) is 25.3. The minimum Gasteiger partial charge on any atom is -0.415 e. The summed E-state index contributed by atoms with van der Waals surface area (Å²) in [6.07, 6.45) is 0. The second-order valence-electron chi connectivity index (χ2n) is 7.13. The van der Waals surface area contributed by atoms with Gasteiger partial charge in [0, 0.05) is 24.7 Å². The molecule has 0 spiro atoms. The van der Waals surface area contributed by atoms with Crippen LogP contribution in [0.1, 0.15) is 38.8 Å². The van der Waals surface area contributed by atoms with E-state index in [1.807, 2.05) is 67.6 Å². The summed E-state index contributed by atoms with van der Waals surface area (Å²) in [6.45, 7) is 14.0. The third kappa shape index (κ3) is 4.52. The predicted octanol–water partition coefficient (Wildman–Crippen LogP) is 4.92. The van der Waals surface area contributed by atoms with Crippen molar-refractivity contribution in [3.05, 3.63) is 96.1 Å². The summed E-state index contributed by atoms with van der Waals surface area (Å²) in [7, 11) is 0. The molecule has 158 valence electrons. The minimum absolute atomic E-state index is 0.166.